The van der Waals surface area contributed by atoms with Gasteiger partial charge in [0.2, 0.25) is 10.0 Å². The summed E-state index contributed by atoms with van der Waals surface area (Å²) in [6, 6.07) is 10.6. The third kappa shape index (κ3) is 6.30. The van der Waals surface area contributed by atoms with Crippen LogP contribution in [-0.4, -0.2) is 49.1 Å². The number of nitrogens with two attached hydrogens (primary N) is 1. The van der Waals surface area contributed by atoms with Gasteiger partial charge >= 0.3 is 5.97 Å². The van der Waals surface area contributed by atoms with Crippen LogP contribution < -0.4 is 15.4 Å². The zero-order valence-corrected chi connectivity index (χ0v) is 21.0. The molecule has 2 aromatic carbocycles. The predicted octanol–water partition coefficient (Wildman–Crippen LogP) is 3.27. The molecule has 5 N–H and O–H groups in total. The molecule has 35 heavy (non-hydrogen) atoms. The quantitative estimate of drug-likeness (QED) is 0.169. The van der Waals surface area contributed by atoms with Crippen molar-refractivity contribution < 1.29 is 17.9 Å². The van der Waals surface area contributed by atoms with Crippen LogP contribution in [0, 0.1) is 12.3 Å². The van der Waals surface area contributed by atoms with Crippen LogP contribution in [0.2, 0.25) is 0 Å². The second-order valence-electron chi connectivity index (χ2n) is 8.12. The maximum absolute atomic E-state index is 13.1. The van der Waals surface area contributed by atoms with E-state index < -0.39 is 16.0 Å². The van der Waals surface area contributed by atoms with Crippen molar-refractivity contribution in [3.05, 3.63) is 53.3 Å². The Balaban J connectivity index is 1.88. The Bertz CT molecular complexity index is 1300. The number of esters is 1. The first kappa shape index (κ1) is 26.0. The molecule has 0 aliphatic carbocycles. The van der Waals surface area contributed by atoms with E-state index >= 15 is 0 Å². The fourth-order valence-electron chi connectivity index (χ4n) is 3.65. The third-order valence-corrected chi connectivity index (χ3v) is 7.32. The number of amidine groups is 1. The van der Waals surface area contributed by atoms with Gasteiger partial charge in [0, 0.05) is 16.8 Å². The topological polar surface area (TPSA) is 154 Å². The van der Waals surface area contributed by atoms with Crippen LogP contribution in [0.15, 0.2) is 36.4 Å². The number of fused-ring (bicyclic) bond motifs is 1. The van der Waals surface area contributed by atoms with E-state index in [0.29, 0.717) is 41.1 Å². The predicted molar refractivity (Wildman–Crippen MR) is 138 cm³/mol. The molecular formula is C24H32N6O4S. The molecule has 0 spiro atoms. The average Bonchev–Trinajstić information content (AvgIpc) is 3.25. The van der Waals surface area contributed by atoms with Crippen molar-refractivity contribution in [2.75, 3.05) is 28.5 Å². The monoisotopic (exact) mass is 500 g/mol. The number of hydrogen-bond donors (Lipinski definition) is 4. The molecule has 0 radical (unpaired) electrons. The number of H-pyrrole nitrogens is 1. The van der Waals surface area contributed by atoms with Gasteiger partial charge in [-0.25, -0.2) is 13.4 Å². The number of carbonyl (C=O) groups excluding carboxylic acids is 1. The van der Waals surface area contributed by atoms with Crippen molar-refractivity contribution in [2.24, 2.45) is 5.73 Å². The molecule has 0 atom stereocenters. The second kappa shape index (κ2) is 11.2. The third-order valence-electron chi connectivity index (χ3n) is 5.52. The lowest BCUT2D eigenvalue weighted by molar-refractivity contribution is -0.141. The molecule has 1 aromatic heterocycles. The van der Waals surface area contributed by atoms with Crippen molar-refractivity contribution in [1.82, 2.24) is 9.97 Å². The van der Waals surface area contributed by atoms with E-state index in [0.717, 1.165) is 21.9 Å². The number of sulfonamides is 1. The average molecular weight is 501 g/mol. The first-order valence-corrected chi connectivity index (χ1v) is 13.1. The first-order valence-electron chi connectivity index (χ1n) is 11.5. The van der Waals surface area contributed by atoms with E-state index in [1.807, 2.05) is 19.1 Å². The van der Waals surface area contributed by atoms with E-state index in [4.69, 9.17) is 15.9 Å². The number of aromatic nitrogens is 2. The highest BCUT2D eigenvalue weighted by Gasteiger charge is 2.27. The summed E-state index contributed by atoms with van der Waals surface area (Å²) < 4.78 is 32.4. The number of carbonyl (C=O) groups is 1. The SMILES string of the molecule is CCCCS(=O)(=O)N(CC(=O)OCC)c1ccc2[nH]c(CNc3ccc(C(=N)N)cc3)nc2c1C. The molecule has 188 valence electrons. The molecule has 0 aliphatic heterocycles. The van der Waals surface area contributed by atoms with Gasteiger partial charge in [0.25, 0.3) is 0 Å². The number of hydrogen-bond acceptors (Lipinski definition) is 7. The fourth-order valence-corrected chi connectivity index (χ4v) is 5.33. The number of aryl methyl sites for hydroxylation is 1. The summed E-state index contributed by atoms with van der Waals surface area (Å²) in [5.74, 6) is 0.0173. The lowest BCUT2D eigenvalue weighted by atomic mass is 10.1. The van der Waals surface area contributed by atoms with Gasteiger partial charge in [0.15, 0.2) is 0 Å². The Hall–Kier alpha value is -3.60. The maximum atomic E-state index is 13.1. The highest BCUT2D eigenvalue weighted by atomic mass is 32.2. The van der Waals surface area contributed by atoms with E-state index in [1.54, 1.807) is 38.1 Å². The van der Waals surface area contributed by atoms with Gasteiger partial charge in [-0.1, -0.05) is 13.3 Å². The summed E-state index contributed by atoms with van der Waals surface area (Å²) in [5.41, 5.74) is 9.43. The zero-order chi connectivity index (χ0) is 25.6. The lowest BCUT2D eigenvalue weighted by Gasteiger charge is -2.25. The maximum Gasteiger partial charge on any atom is 0.326 e. The Morgan fingerprint density at radius 1 is 1.20 bits per heavy atom. The molecule has 11 heteroatoms. The number of imidazole rings is 1. The molecule has 10 nitrogen and oxygen atoms in total. The smallest absolute Gasteiger partial charge is 0.326 e. The second-order valence-corrected chi connectivity index (χ2v) is 10.1. The zero-order valence-electron chi connectivity index (χ0n) is 20.2. The van der Waals surface area contributed by atoms with Gasteiger partial charge in [-0.15, -0.1) is 0 Å². The normalized spacial score (nSPS) is 11.4. The van der Waals surface area contributed by atoms with E-state index in [2.05, 4.69) is 15.3 Å². The summed E-state index contributed by atoms with van der Waals surface area (Å²) in [6.45, 7) is 5.59. The van der Waals surface area contributed by atoms with Gasteiger partial charge in [-0.3, -0.25) is 14.5 Å². The van der Waals surface area contributed by atoms with Gasteiger partial charge in [-0.2, -0.15) is 0 Å². The van der Waals surface area contributed by atoms with E-state index in [-0.39, 0.29) is 24.7 Å². The summed E-state index contributed by atoms with van der Waals surface area (Å²) in [7, 11) is -3.73. The number of ether oxygens (including phenoxy) is 1. The molecular weight excluding hydrogens is 468 g/mol. The minimum atomic E-state index is -3.73. The van der Waals surface area contributed by atoms with Crippen molar-refractivity contribution in [3.63, 3.8) is 0 Å². The molecule has 0 saturated heterocycles. The molecule has 0 unspecified atom stereocenters. The summed E-state index contributed by atoms with van der Waals surface area (Å²) in [4.78, 5) is 20.1. The number of anilines is 2. The van der Waals surface area contributed by atoms with E-state index in [9.17, 15) is 13.2 Å². The number of aromatic amines is 1. The van der Waals surface area contributed by atoms with Crippen molar-refractivity contribution >= 4 is 44.2 Å². The van der Waals surface area contributed by atoms with Gasteiger partial charge in [-0.05, 0) is 56.7 Å². The number of benzene rings is 2. The fraction of sp³-hybridized carbons (Fsp3) is 0.375. The van der Waals surface area contributed by atoms with Crippen LogP contribution in [0.25, 0.3) is 11.0 Å². The molecule has 0 aliphatic rings. The van der Waals surface area contributed by atoms with E-state index in [1.165, 1.54) is 0 Å². The molecule has 0 bridgehead atoms. The van der Waals surface area contributed by atoms with Crippen molar-refractivity contribution in [2.45, 2.75) is 40.2 Å². The molecule has 0 saturated carbocycles. The highest BCUT2D eigenvalue weighted by Crippen LogP contribution is 2.29. The Labute approximate surface area is 205 Å². The van der Waals surface area contributed by atoms with Crippen LogP contribution in [0.1, 0.15) is 43.6 Å². The van der Waals surface area contributed by atoms with Crippen LogP contribution >= 0.6 is 0 Å². The van der Waals surface area contributed by atoms with Crippen LogP contribution in [-0.2, 0) is 26.1 Å². The van der Waals surface area contributed by atoms with Gasteiger partial charge < -0.3 is 20.8 Å². The van der Waals surface area contributed by atoms with Crippen LogP contribution in [0.3, 0.4) is 0 Å². The highest BCUT2D eigenvalue weighted by molar-refractivity contribution is 7.92. The van der Waals surface area contributed by atoms with Crippen LogP contribution in [0.4, 0.5) is 11.4 Å². The minimum Gasteiger partial charge on any atom is -0.465 e. The van der Waals surface area contributed by atoms with Gasteiger partial charge in [0.1, 0.15) is 18.2 Å². The largest absolute Gasteiger partial charge is 0.465 e. The molecule has 3 aromatic rings. The van der Waals surface area contributed by atoms with Crippen molar-refractivity contribution in [1.29, 1.82) is 5.41 Å². The summed E-state index contributed by atoms with van der Waals surface area (Å²) in [6.07, 6.45) is 1.21. The van der Waals surface area contributed by atoms with Crippen LogP contribution in [0.5, 0.6) is 0 Å². The number of rotatable bonds is 12. The molecule has 0 fully saturated rings. The minimum absolute atomic E-state index is 0.00817. The molecule has 1 heterocycles. The number of nitrogen functional groups attached to an aromatic ring is 1. The number of nitrogens with one attached hydrogen (secondary N) is 3. The van der Waals surface area contributed by atoms with Gasteiger partial charge in [0.05, 0.1) is 35.6 Å². The Morgan fingerprint density at radius 3 is 2.54 bits per heavy atom. The molecule has 0 amide bonds. The number of unbranched alkanes of at least 4 members (excludes halogenated alkanes) is 1. The number of nitrogens with zero attached hydrogens (tertiary/aromatic N) is 2. The first-order chi connectivity index (χ1) is 16.7. The standard InChI is InChI=1S/C24H32N6O4S/c1-4-6-13-35(32,33)30(15-22(31)34-5-2)20-12-11-19-23(16(20)3)29-21(28-19)14-27-18-9-7-17(8-10-18)24(25)26/h7-12,27H,4-6,13-15H2,1-3H3,(H3,25,26)(H,28,29). The van der Waals surface area contributed by atoms with Crippen molar-refractivity contribution in [3.8, 4) is 0 Å². The Morgan fingerprint density at radius 2 is 1.91 bits per heavy atom. The summed E-state index contributed by atoms with van der Waals surface area (Å²) in [5, 5.41) is 10.7. The lowest BCUT2D eigenvalue weighted by Crippen LogP contribution is -2.38. The summed E-state index contributed by atoms with van der Waals surface area (Å²) >= 11 is 0. The Kier molecular flexibility index (Phi) is 8.34. The molecule has 3 rings (SSSR count).